The van der Waals surface area contributed by atoms with Crippen LogP contribution in [0.4, 0.5) is 0 Å². The lowest BCUT2D eigenvalue weighted by atomic mass is 10.00. The van der Waals surface area contributed by atoms with Gasteiger partial charge in [0.25, 0.3) is 0 Å². The lowest BCUT2D eigenvalue weighted by Crippen LogP contribution is -2.48. The van der Waals surface area contributed by atoms with Crippen LogP contribution >= 0.6 is 24.0 Å². The Morgan fingerprint density at radius 3 is 2.60 bits per heavy atom. The number of aryl methyl sites for hydroxylation is 2. The van der Waals surface area contributed by atoms with Crippen molar-refractivity contribution in [1.82, 2.24) is 25.3 Å². The molecule has 7 nitrogen and oxygen atoms in total. The second-order valence-electron chi connectivity index (χ2n) is 7.78. The third kappa shape index (κ3) is 5.74. The van der Waals surface area contributed by atoms with Crippen molar-refractivity contribution in [3.63, 3.8) is 0 Å². The number of nitrogens with one attached hydrogen (secondary N) is 2. The Morgan fingerprint density at radius 1 is 1.27 bits per heavy atom. The van der Waals surface area contributed by atoms with Crippen molar-refractivity contribution in [1.29, 1.82) is 0 Å². The first-order valence-corrected chi connectivity index (χ1v) is 10.2. The fraction of sp³-hybridized carbons (Fsp3) is 0.500. The van der Waals surface area contributed by atoms with Gasteiger partial charge in [-0.2, -0.15) is 5.10 Å². The topological polar surface area (TPSA) is 74.6 Å². The SMILES string of the molecule is CN=C(NCC(=O)N1CCc2ccccc2C1)NC(C)Cc1c(C)nn(C)c1C.I. The first-order valence-electron chi connectivity index (χ1n) is 10.2. The van der Waals surface area contributed by atoms with Crippen LogP contribution in [-0.2, 0) is 31.2 Å². The number of guanidine groups is 1. The number of carbonyl (C=O) groups excluding carboxylic acids is 1. The quantitative estimate of drug-likeness (QED) is 0.358. The lowest BCUT2D eigenvalue weighted by molar-refractivity contribution is -0.130. The van der Waals surface area contributed by atoms with Crippen LogP contribution < -0.4 is 10.6 Å². The summed E-state index contributed by atoms with van der Waals surface area (Å²) in [5, 5.41) is 11.0. The molecule has 1 aromatic carbocycles. The summed E-state index contributed by atoms with van der Waals surface area (Å²) in [5.74, 6) is 0.733. The molecule has 0 radical (unpaired) electrons. The maximum Gasteiger partial charge on any atom is 0.242 e. The zero-order valence-electron chi connectivity index (χ0n) is 18.5. The van der Waals surface area contributed by atoms with Crippen molar-refractivity contribution in [2.75, 3.05) is 20.1 Å². The number of carbonyl (C=O) groups is 1. The average Bonchev–Trinajstić information content (AvgIpc) is 2.96. The van der Waals surface area contributed by atoms with Crippen LogP contribution in [0, 0.1) is 13.8 Å². The van der Waals surface area contributed by atoms with Gasteiger partial charge in [0.05, 0.1) is 12.2 Å². The summed E-state index contributed by atoms with van der Waals surface area (Å²) >= 11 is 0. The average molecular weight is 524 g/mol. The minimum atomic E-state index is 0. The molecule has 1 atom stereocenters. The first-order chi connectivity index (χ1) is 13.9. The fourth-order valence-corrected chi connectivity index (χ4v) is 3.88. The molecule has 3 rings (SSSR count). The molecular formula is C22H33IN6O. The van der Waals surface area contributed by atoms with Gasteiger partial charge in [0.15, 0.2) is 5.96 Å². The van der Waals surface area contributed by atoms with Crippen LogP contribution in [0.2, 0.25) is 0 Å². The van der Waals surface area contributed by atoms with E-state index in [1.807, 2.05) is 29.6 Å². The van der Waals surface area contributed by atoms with Gasteiger partial charge < -0.3 is 15.5 Å². The number of amides is 1. The third-order valence-corrected chi connectivity index (χ3v) is 5.67. The van der Waals surface area contributed by atoms with E-state index in [1.54, 1.807) is 7.05 Å². The molecule has 0 saturated carbocycles. The van der Waals surface area contributed by atoms with E-state index in [2.05, 4.69) is 52.8 Å². The number of hydrogen-bond donors (Lipinski definition) is 2. The highest BCUT2D eigenvalue weighted by molar-refractivity contribution is 14.0. The molecule has 164 valence electrons. The van der Waals surface area contributed by atoms with Crippen LogP contribution in [0.1, 0.15) is 35.0 Å². The van der Waals surface area contributed by atoms with E-state index in [-0.39, 0.29) is 42.5 Å². The number of nitrogens with zero attached hydrogens (tertiary/aromatic N) is 4. The minimum absolute atomic E-state index is 0. The Bertz CT molecular complexity index is 907. The van der Waals surface area contributed by atoms with Gasteiger partial charge in [-0.25, -0.2) is 0 Å². The maximum atomic E-state index is 12.7. The van der Waals surface area contributed by atoms with Crippen LogP contribution in [0.3, 0.4) is 0 Å². The Balaban J connectivity index is 0.00000320. The zero-order chi connectivity index (χ0) is 21.0. The number of aliphatic imine (C=N–C) groups is 1. The van der Waals surface area contributed by atoms with Gasteiger partial charge in [0.1, 0.15) is 0 Å². The van der Waals surface area contributed by atoms with E-state index in [0.29, 0.717) is 12.5 Å². The van der Waals surface area contributed by atoms with Crippen LogP contribution in [-0.4, -0.2) is 52.7 Å². The molecule has 1 unspecified atom stereocenters. The molecule has 0 fully saturated rings. The van der Waals surface area contributed by atoms with E-state index in [1.165, 1.54) is 22.4 Å². The number of halogens is 1. The molecule has 2 N–H and O–H groups in total. The van der Waals surface area contributed by atoms with Crippen LogP contribution in [0.5, 0.6) is 0 Å². The van der Waals surface area contributed by atoms with Gasteiger partial charge in [-0.1, -0.05) is 24.3 Å². The normalized spacial score (nSPS) is 14.6. The maximum absolute atomic E-state index is 12.7. The van der Waals surface area contributed by atoms with Gasteiger partial charge in [-0.05, 0) is 50.3 Å². The zero-order valence-corrected chi connectivity index (χ0v) is 20.9. The summed E-state index contributed by atoms with van der Waals surface area (Å²) in [5.41, 5.74) is 6.08. The standard InChI is InChI=1S/C22H32N6O.HI/c1-15(12-20-16(2)26-27(5)17(20)3)25-22(23-4)24-13-21(29)28-11-10-18-8-6-7-9-19(18)14-28;/h6-9,15H,10-14H2,1-5H3,(H2,23,24,25);1H. The molecule has 1 aliphatic rings. The van der Waals surface area contributed by atoms with Crippen molar-refractivity contribution in [2.24, 2.45) is 12.0 Å². The molecule has 0 spiro atoms. The number of fused-ring (bicyclic) bond motifs is 1. The van der Waals surface area contributed by atoms with E-state index in [0.717, 1.165) is 25.1 Å². The molecule has 0 aliphatic carbocycles. The minimum Gasteiger partial charge on any atom is -0.354 e. The molecule has 0 saturated heterocycles. The van der Waals surface area contributed by atoms with E-state index in [4.69, 9.17) is 0 Å². The largest absolute Gasteiger partial charge is 0.354 e. The van der Waals surface area contributed by atoms with E-state index < -0.39 is 0 Å². The van der Waals surface area contributed by atoms with E-state index >= 15 is 0 Å². The molecule has 8 heteroatoms. The van der Waals surface area contributed by atoms with Crippen molar-refractivity contribution in [3.8, 4) is 0 Å². The molecule has 2 heterocycles. The molecule has 1 aromatic heterocycles. The van der Waals surface area contributed by atoms with Gasteiger partial charge in [-0.15, -0.1) is 24.0 Å². The highest BCUT2D eigenvalue weighted by atomic mass is 127. The molecular weight excluding hydrogens is 491 g/mol. The van der Waals surface area contributed by atoms with Gasteiger partial charge in [0, 0.05) is 38.9 Å². The van der Waals surface area contributed by atoms with Gasteiger partial charge >= 0.3 is 0 Å². The summed E-state index contributed by atoms with van der Waals surface area (Å²) in [6, 6.07) is 8.51. The Labute approximate surface area is 196 Å². The molecule has 1 amide bonds. The summed E-state index contributed by atoms with van der Waals surface area (Å²) in [6.45, 7) is 7.92. The third-order valence-electron chi connectivity index (χ3n) is 5.67. The summed E-state index contributed by atoms with van der Waals surface area (Å²) in [7, 11) is 3.69. The van der Waals surface area contributed by atoms with Crippen LogP contribution in [0.15, 0.2) is 29.3 Å². The van der Waals surface area contributed by atoms with E-state index in [9.17, 15) is 4.79 Å². The predicted octanol–water partition coefficient (Wildman–Crippen LogP) is 2.34. The van der Waals surface area contributed by atoms with Crippen molar-refractivity contribution in [3.05, 3.63) is 52.3 Å². The summed E-state index contributed by atoms with van der Waals surface area (Å²) in [6.07, 6.45) is 1.76. The monoisotopic (exact) mass is 524 g/mol. The molecule has 2 aromatic rings. The number of benzene rings is 1. The highest BCUT2D eigenvalue weighted by Crippen LogP contribution is 2.18. The molecule has 1 aliphatic heterocycles. The van der Waals surface area contributed by atoms with Crippen molar-refractivity contribution in [2.45, 2.75) is 46.2 Å². The fourth-order valence-electron chi connectivity index (χ4n) is 3.88. The lowest BCUT2D eigenvalue weighted by Gasteiger charge is -2.29. The Morgan fingerprint density at radius 2 is 1.97 bits per heavy atom. The van der Waals surface area contributed by atoms with Gasteiger partial charge in [-0.3, -0.25) is 14.5 Å². The predicted molar refractivity (Wildman–Crippen MR) is 131 cm³/mol. The molecule has 30 heavy (non-hydrogen) atoms. The number of rotatable bonds is 5. The highest BCUT2D eigenvalue weighted by Gasteiger charge is 2.20. The Hall–Kier alpha value is -2.10. The van der Waals surface area contributed by atoms with Crippen molar-refractivity contribution >= 4 is 35.8 Å². The summed E-state index contributed by atoms with van der Waals surface area (Å²) < 4.78 is 1.92. The first kappa shape index (κ1) is 24.2. The molecule has 0 bridgehead atoms. The van der Waals surface area contributed by atoms with Crippen molar-refractivity contribution < 1.29 is 4.79 Å². The Kier molecular flexibility index (Phi) is 8.69. The smallest absolute Gasteiger partial charge is 0.242 e. The second-order valence-corrected chi connectivity index (χ2v) is 7.78. The van der Waals surface area contributed by atoms with Gasteiger partial charge in [0.2, 0.25) is 5.91 Å². The number of aromatic nitrogens is 2. The number of hydrogen-bond acceptors (Lipinski definition) is 3. The second kappa shape index (κ2) is 10.8. The van der Waals surface area contributed by atoms with Crippen LogP contribution in [0.25, 0.3) is 0 Å². The summed E-state index contributed by atoms with van der Waals surface area (Å²) in [4.78, 5) is 18.9.